The van der Waals surface area contributed by atoms with Gasteiger partial charge in [-0.2, -0.15) is 0 Å². The molecule has 78 valence electrons. The molecule has 0 fully saturated rings. The molecular formula is C12H11F2N. The lowest BCUT2D eigenvalue weighted by molar-refractivity contribution is 0.401. The third kappa shape index (κ3) is 2.65. The molecule has 0 saturated carbocycles. The van der Waals surface area contributed by atoms with Gasteiger partial charge in [0, 0.05) is 17.8 Å². The Morgan fingerprint density at radius 3 is 2.53 bits per heavy atom. The zero-order valence-corrected chi connectivity index (χ0v) is 8.08. The molecule has 0 bridgehead atoms. The molecule has 3 heteroatoms. The van der Waals surface area contributed by atoms with Crippen molar-refractivity contribution in [3.8, 4) is 0 Å². The van der Waals surface area contributed by atoms with Gasteiger partial charge in [-0.1, -0.05) is 6.08 Å². The first-order valence-electron chi connectivity index (χ1n) is 4.79. The minimum absolute atomic E-state index is 0.266. The van der Waals surface area contributed by atoms with Gasteiger partial charge in [-0.05, 0) is 36.4 Å². The highest BCUT2D eigenvalue weighted by atomic mass is 19.1. The Labute approximate surface area is 87.1 Å². The van der Waals surface area contributed by atoms with Crippen LogP contribution in [0.15, 0.2) is 48.2 Å². The lowest BCUT2D eigenvalue weighted by Crippen LogP contribution is -2.04. The van der Waals surface area contributed by atoms with Crippen molar-refractivity contribution in [2.45, 2.75) is 12.6 Å². The third-order valence-electron chi connectivity index (χ3n) is 2.18. The molecule has 1 aliphatic carbocycles. The molecule has 15 heavy (non-hydrogen) atoms. The molecule has 1 N–H and O–H groups in total. The fourth-order valence-electron chi connectivity index (χ4n) is 1.39. The SMILES string of the molecule is Fc1ccc(NC2=CCC(F)C=C2)cc1. The first kappa shape index (κ1) is 9.90. The van der Waals surface area contributed by atoms with Crippen molar-refractivity contribution < 1.29 is 8.78 Å². The van der Waals surface area contributed by atoms with E-state index in [0.717, 1.165) is 11.4 Å². The lowest BCUT2D eigenvalue weighted by Gasteiger charge is -2.12. The highest BCUT2D eigenvalue weighted by Crippen LogP contribution is 2.16. The molecule has 2 rings (SSSR count). The Morgan fingerprint density at radius 2 is 1.93 bits per heavy atom. The van der Waals surface area contributed by atoms with E-state index in [4.69, 9.17) is 0 Å². The van der Waals surface area contributed by atoms with Gasteiger partial charge >= 0.3 is 0 Å². The summed E-state index contributed by atoms with van der Waals surface area (Å²) in [6, 6.07) is 6.05. The second kappa shape index (κ2) is 4.26. The van der Waals surface area contributed by atoms with Gasteiger partial charge in [-0.15, -0.1) is 0 Å². The molecule has 1 unspecified atom stereocenters. The third-order valence-corrected chi connectivity index (χ3v) is 2.18. The number of rotatable bonds is 2. The summed E-state index contributed by atoms with van der Waals surface area (Å²) in [6.45, 7) is 0. The van der Waals surface area contributed by atoms with E-state index in [1.165, 1.54) is 18.2 Å². The zero-order chi connectivity index (χ0) is 10.7. The predicted molar refractivity (Wildman–Crippen MR) is 56.8 cm³/mol. The van der Waals surface area contributed by atoms with Crippen molar-refractivity contribution in [2.75, 3.05) is 5.32 Å². The summed E-state index contributed by atoms with van der Waals surface area (Å²) in [6.07, 6.45) is 4.49. The highest BCUT2D eigenvalue weighted by molar-refractivity contribution is 5.51. The second-order valence-electron chi connectivity index (χ2n) is 3.40. The van der Waals surface area contributed by atoms with Crippen molar-refractivity contribution in [3.63, 3.8) is 0 Å². The van der Waals surface area contributed by atoms with Crippen LogP contribution < -0.4 is 5.32 Å². The van der Waals surface area contributed by atoms with Crippen LogP contribution in [-0.2, 0) is 0 Å². The Bertz CT molecular complexity index is 393. The van der Waals surface area contributed by atoms with Crippen LogP contribution in [0.5, 0.6) is 0 Å². The largest absolute Gasteiger partial charge is 0.356 e. The van der Waals surface area contributed by atoms with Gasteiger partial charge in [-0.3, -0.25) is 0 Å². The van der Waals surface area contributed by atoms with Gasteiger partial charge in [0.25, 0.3) is 0 Å². The summed E-state index contributed by atoms with van der Waals surface area (Å²) in [5, 5.41) is 3.07. The van der Waals surface area contributed by atoms with Crippen LogP contribution >= 0.6 is 0 Å². The standard InChI is InChI=1S/C12H11F2N/c13-9-1-5-11(6-2-9)15-12-7-3-10(14)4-8-12/h1-3,5-8,10,15H,4H2. The summed E-state index contributed by atoms with van der Waals surface area (Å²) >= 11 is 0. The Kier molecular flexibility index (Phi) is 2.81. The van der Waals surface area contributed by atoms with Crippen molar-refractivity contribution in [1.29, 1.82) is 0 Å². The molecule has 0 radical (unpaired) electrons. The van der Waals surface area contributed by atoms with E-state index >= 15 is 0 Å². The molecular weight excluding hydrogens is 196 g/mol. The van der Waals surface area contributed by atoms with Crippen LogP contribution in [0.1, 0.15) is 6.42 Å². The monoisotopic (exact) mass is 207 g/mol. The van der Waals surface area contributed by atoms with Gasteiger partial charge in [0.2, 0.25) is 0 Å². The number of nitrogens with one attached hydrogen (secondary N) is 1. The van der Waals surface area contributed by atoms with Gasteiger partial charge in [-0.25, -0.2) is 8.78 Å². The van der Waals surface area contributed by atoms with Gasteiger partial charge in [0.15, 0.2) is 0 Å². The minimum Gasteiger partial charge on any atom is -0.356 e. The molecule has 1 aromatic carbocycles. The first-order chi connectivity index (χ1) is 7.24. The minimum atomic E-state index is -0.885. The summed E-state index contributed by atoms with van der Waals surface area (Å²) in [4.78, 5) is 0. The van der Waals surface area contributed by atoms with E-state index < -0.39 is 6.17 Å². The van der Waals surface area contributed by atoms with Crippen molar-refractivity contribution in [2.24, 2.45) is 0 Å². The van der Waals surface area contributed by atoms with Gasteiger partial charge < -0.3 is 5.32 Å². The van der Waals surface area contributed by atoms with E-state index in [-0.39, 0.29) is 5.82 Å². The molecule has 1 atom stereocenters. The number of hydrogen-bond donors (Lipinski definition) is 1. The first-order valence-corrected chi connectivity index (χ1v) is 4.79. The average Bonchev–Trinajstić information content (AvgIpc) is 2.25. The molecule has 0 spiro atoms. The summed E-state index contributed by atoms with van der Waals surface area (Å²) in [5.74, 6) is -0.266. The van der Waals surface area contributed by atoms with E-state index in [2.05, 4.69) is 5.32 Å². The molecule has 0 aromatic heterocycles. The average molecular weight is 207 g/mol. The Morgan fingerprint density at radius 1 is 1.20 bits per heavy atom. The fourth-order valence-corrected chi connectivity index (χ4v) is 1.39. The topological polar surface area (TPSA) is 12.0 Å². The van der Waals surface area contributed by atoms with Crippen LogP contribution in [0, 0.1) is 5.82 Å². The normalized spacial score (nSPS) is 19.9. The van der Waals surface area contributed by atoms with E-state index in [1.54, 1.807) is 24.3 Å². The van der Waals surface area contributed by atoms with Gasteiger partial charge in [0.05, 0.1) is 0 Å². The summed E-state index contributed by atoms with van der Waals surface area (Å²) in [5.41, 5.74) is 1.64. The highest BCUT2D eigenvalue weighted by Gasteiger charge is 2.06. The van der Waals surface area contributed by atoms with Crippen molar-refractivity contribution in [1.82, 2.24) is 0 Å². The molecule has 0 amide bonds. The molecule has 0 saturated heterocycles. The van der Waals surface area contributed by atoms with E-state index in [1.807, 2.05) is 0 Å². The lowest BCUT2D eigenvalue weighted by atomic mass is 10.1. The zero-order valence-electron chi connectivity index (χ0n) is 8.08. The van der Waals surface area contributed by atoms with E-state index in [0.29, 0.717) is 6.42 Å². The molecule has 0 heterocycles. The fraction of sp³-hybridized carbons (Fsp3) is 0.167. The van der Waals surface area contributed by atoms with Crippen molar-refractivity contribution in [3.05, 3.63) is 54.0 Å². The summed E-state index contributed by atoms with van der Waals surface area (Å²) in [7, 11) is 0. The molecule has 0 aliphatic heterocycles. The number of anilines is 1. The number of alkyl halides is 1. The maximum atomic E-state index is 12.7. The second-order valence-corrected chi connectivity index (χ2v) is 3.40. The molecule has 1 aromatic rings. The van der Waals surface area contributed by atoms with Crippen molar-refractivity contribution >= 4 is 5.69 Å². The summed E-state index contributed by atoms with van der Waals surface area (Å²) < 4.78 is 25.4. The Balaban J connectivity index is 2.04. The van der Waals surface area contributed by atoms with E-state index in [9.17, 15) is 8.78 Å². The van der Waals surface area contributed by atoms with Crippen LogP contribution in [0.25, 0.3) is 0 Å². The maximum absolute atomic E-state index is 12.7. The number of hydrogen-bond acceptors (Lipinski definition) is 1. The van der Waals surface area contributed by atoms with Gasteiger partial charge in [0.1, 0.15) is 12.0 Å². The molecule has 1 nitrogen and oxygen atoms in total. The molecule has 1 aliphatic rings. The Hall–Kier alpha value is -1.64. The smallest absolute Gasteiger partial charge is 0.123 e. The van der Waals surface area contributed by atoms with Crippen LogP contribution in [0.2, 0.25) is 0 Å². The van der Waals surface area contributed by atoms with Crippen LogP contribution in [-0.4, -0.2) is 6.17 Å². The van der Waals surface area contributed by atoms with Crippen LogP contribution in [0.3, 0.4) is 0 Å². The number of benzene rings is 1. The number of allylic oxidation sites excluding steroid dienone is 3. The predicted octanol–water partition coefficient (Wildman–Crippen LogP) is 3.42. The maximum Gasteiger partial charge on any atom is 0.123 e. The van der Waals surface area contributed by atoms with Crippen LogP contribution in [0.4, 0.5) is 14.5 Å². The quantitative estimate of drug-likeness (QED) is 0.783. The number of halogens is 2.